The highest BCUT2D eigenvalue weighted by Crippen LogP contribution is 2.29. The van der Waals surface area contributed by atoms with Gasteiger partial charge in [0.15, 0.2) is 0 Å². The summed E-state index contributed by atoms with van der Waals surface area (Å²) >= 11 is 4.99. The van der Waals surface area contributed by atoms with Crippen molar-refractivity contribution < 1.29 is 9.18 Å². The van der Waals surface area contributed by atoms with Crippen LogP contribution in [0.25, 0.3) is 0 Å². The quantitative estimate of drug-likeness (QED) is 0.833. The van der Waals surface area contributed by atoms with E-state index in [4.69, 9.17) is 0 Å². The van der Waals surface area contributed by atoms with Gasteiger partial charge in [0.1, 0.15) is 5.82 Å². The van der Waals surface area contributed by atoms with E-state index in [-0.39, 0.29) is 16.5 Å². The number of amides is 1. The molecule has 2 nitrogen and oxygen atoms in total. The highest BCUT2D eigenvalue weighted by molar-refractivity contribution is 9.10. The first-order chi connectivity index (χ1) is 8.98. The van der Waals surface area contributed by atoms with Gasteiger partial charge in [0.2, 0.25) is 0 Å². The molecule has 1 aromatic rings. The van der Waals surface area contributed by atoms with Crippen LogP contribution in [0.3, 0.4) is 0 Å². The molecule has 1 aromatic carbocycles. The van der Waals surface area contributed by atoms with Crippen molar-refractivity contribution in [2.24, 2.45) is 0 Å². The fourth-order valence-electron chi connectivity index (χ4n) is 1.87. The van der Waals surface area contributed by atoms with E-state index in [1.54, 1.807) is 11.8 Å². The molecule has 0 aliphatic heterocycles. The van der Waals surface area contributed by atoms with Gasteiger partial charge in [0, 0.05) is 15.8 Å². The minimum absolute atomic E-state index is 0.0716. The molecule has 1 rings (SSSR count). The monoisotopic (exact) mass is 347 g/mol. The van der Waals surface area contributed by atoms with Crippen LogP contribution in [0.15, 0.2) is 22.7 Å². The van der Waals surface area contributed by atoms with Gasteiger partial charge in [0.05, 0.1) is 5.56 Å². The van der Waals surface area contributed by atoms with Crippen molar-refractivity contribution in [1.29, 1.82) is 0 Å². The minimum atomic E-state index is -0.357. The van der Waals surface area contributed by atoms with Gasteiger partial charge in [-0.15, -0.1) is 0 Å². The Morgan fingerprint density at radius 2 is 2.05 bits per heavy atom. The van der Waals surface area contributed by atoms with Crippen LogP contribution in [-0.2, 0) is 0 Å². The lowest BCUT2D eigenvalue weighted by Gasteiger charge is -2.29. The van der Waals surface area contributed by atoms with Crippen LogP contribution in [-0.4, -0.2) is 23.5 Å². The summed E-state index contributed by atoms with van der Waals surface area (Å²) < 4.78 is 13.5. The van der Waals surface area contributed by atoms with Crippen molar-refractivity contribution in [2.45, 2.75) is 31.4 Å². The van der Waals surface area contributed by atoms with E-state index in [0.29, 0.717) is 16.6 Å². The molecule has 0 heterocycles. The van der Waals surface area contributed by atoms with Crippen molar-refractivity contribution in [3.63, 3.8) is 0 Å². The molecule has 0 bridgehead atoms. The number of nitrogens with one attached hydrogen (secondary N) is 1. The summed E-state index contributed by atoms with van der Waals surface area (Å²) in [5.41, 5.74) is 0.462. The number of carbonyl (C=O) groups is 1. The highest BCUT2D eigenvalue weighted by atomic mass is 79.9. The Hall–Kier alpha value is -0.550. The topological polar surface area (TPSA) is 29.1 Å². The second-order valence-electron chi connectivity index (χ2n) is 4.40. The molecule has 0 spiro atoms. The maximum atomic E-state index is 13.0. The molecule has 0 aromatic heterocycles. The van der Waals surface area contributed by atoms with Gasteiger partial charge in [-0.1, -0.05) is 13.8 Å². The Morgan fingerprint density at radius 3 is 2.53 bits per heavy atom. The first-order valence-electron chi connectivity index (χ1n) is 6.26. The van der Waals surface area contributed by atoms with Crippen molar-refractivity contribution >= 4 is 33.6 Å². The lowest BCUT2D eigenvalue weighted by atomic mass is 10.0. The number of rotatable bonds is 6. The highest BCUT2D eigenvalue weighted by Gasteiger charge is 2.25. The number of hydrogen-bond donors (Lipinski definition) is 1. The fourth-order valence-corrected chi connectivity index (χ4v) is 3.20. The molecule has 19 heavy (non-hydrogen) atoms. The molecule has 1 amide bonds. The second kappa shape index (κ2) is 7.29. The van der Waals surface area contributed by atoms with Gasteiger partial charge in [-0.05, 0) is 53.2 Å². The van der Waals surface area contributed by atoms with Gasteiger partial charge in [-0.2, -0.15) is 11.8 Å². The fraction of sp³-hybridized carbons (Fsp3) is 0.500. The van der Waals surface area contributed by atoms with E-state index in [1.807, 2.05) is 0 Å². The predicted molar refractivity (Wildman–Crippen MR) is 83.3 cm³/mol. The van der Waals surface area contributed by atoms with Crippen LogP contribution in [0.4, 0.5) is 4.39 Å². The predicted octanol–water partition coefficient (Wildman–Crippen LogP) is 4.24. The van der Waals surface area contributed by atoms with Gasteiger partial charge < -0.3 is 5.32 Å². The Bertz CT molecular complexity index is 441. The largest absolute Gasteiger partial charge is 0.351 e. The number of thioether (sulfide) groups is 1. The van der Waals surface area contributed by atoms with E-state index in [1.165, 1.54) is 18.2 Å². The van der Waals surface area contributed by atoms with Gasteiger partial charge in [-0.25, -0.2) is 4.39 Å². The molecule has 0 aliphatic carbocycles. The molecule has 0 unspecified atom stereocenters. The van der Waals surface area contributed by atoms with E-state index in [2.05, 4.69) is 41.3 Å². The lowest BCUT2D eigenvalue weighted by Crippen LogP contribution is -2.39. The molecule has 0 fully saturated rings. The average Bonchev–Trinajstić information content (AvgIpc) is 2.40. The number of carbonyl (C=O) groups excluding carboxylic acids is 1. The summed E-state index contributed by atoms with van der Waals surface area (Å²) in [7, 11) is 0. The Labute approximate surface area is 126 Å². The van der Waals surface area contributed by atoms with E-state index in [9.17, 15) is 9.18 Å². The molecule has 106 valence electrons. The smallest absolute Gasteiger partial charge is 0.252 e. The normalized spacial score (nSPS) is 11.4. The summed E-state index contributed by atoms with van der Waals surface area (Å²) in [4.78, 5) is 12.1. The van der Waals surface area contributed by atoms with Crippen molar-refractivity contribution in [3.8, 4) is 0 Å². The van der Waals surface area contributed by atoms with Gasteiger partial charge >= 0.3 is 0 Å². The average molecular weight is 348 g/mol. The third kappa shape index (κ3) is 4.21. The molecular weight excluding hydrogens is 329 g/mol. The number of halogens is 2. The molecule has 0 radical (unpaired) electrons. The molecule has 5 heteroatoms. The third-order valence-corrected chi connectivity index (χ3v) is 5.71. The maximum Gasteiger partial charge on any atom is 0.252 e. The molecule has 0 saturated carbocycles. The van der Waals surface area contributed by atoms with Crippen molar-refractivity contribution in [2.75, 3.05) is 12.8 Å². The van der Waals surface area contributed by atoms with Crippen LogP contribution in [0.5, 0.6) is 0 Å². The van der Waals surface area contributed by atoms with Crippen molar-refractivity contribution in [1.82, 2.24) is 5.32 Å². The van der Waals surface area contributed by atoms with Crippen LogP contribution in [0.2, 0.25) is 0 Å². The molecule has 0 aliphatic rings. The Kier molecular flexibility index (Phi) is 6.33. The van der Waals surface area contributed by atoms with Crippen LogP contribution < -0.4 is 5.32 Å². The van der Waals surface area contributed by atoms with E-state index >= 15 is 0 Å². The summed E-state index contributed by atoms with van der Waals surface area (Å²) in [6, 6.07) is 4.09. The third-order valence-electron chi connectivity index (χ3n) is 3.47. The van der Waals surface area contributed by atoms with Crippen LogP contribution >= 0.6 is 27.7 Å². The first kappa shape index (κ1) is 16.5. The zero-order chi connectivity index (χ0) is 14.5. The summed E-state index contributed by atoms with van der Waals surface area (Å²) in [5.74, 6) is -0.531. The summed E-state index contributed by atoms with van der Waals surface area (Å²) in [6.45, 7) is 4.86. The zero-order valence-corrected chi connectivity index (χ0v) is 13.8. The van der Waals surface area contributed by atoms with Crippen LogP contribution in [0.1, 0.15) is 37.0 Å². The molecule has 0 saturated heterocycles. The lowest BCUT2D eigenvalue weighted by molar-refractivity contribution is 0.0948. The zero-order valence-electron chi connectivity index (χ0n) is 11.4. The van der Waals surface area contributed by atoms with Crippen LogP contribution in [0, 0.1) is 5.82 Å². The van der Waals surface area contributed by atoms with Gasteiger partial charge in [0.25, 0.3) is 5.91 Å². The Morgan fingerprint density at radius 1 is 1.42 bits per heavy atom. The van der Waals surface area contributed by atoms with E-state index in [0.717, 1.165) is 12.8 Å². The molecular formula is C14H19BrFNOS. The SMILES string of the molecule is CCC(CC)(CNC(=O)c1ccc(F)cc1Br)SC. The maximum absolute atomic E-state index is 13.0. The first-order valence-corrected chi connectivity index (χ1v) is 8.28. The minimum Gasteiger partial charge on any atom is -0.351 e. The number of benzene rings is 1. The molecule has 1 N–H and O–H groups in total. The van der Waals surface area contributed by atoms with E-state index < -0.39 is 0 Å². The summed E-state index contributed by atoms with van der Waals surface area (Å²) in [6.07, 6.45) is 4.05. The van der Waals surface area contributed by atoms with Crippen molar-refractivity contribution in [3.05, 3.63) is 34.1 Å². The van der Waals surface area contributed by atoms with Gasteiger partial charge in [-0.3, -0.25) is 4.79 Å². The Balaban J connectivity index is 2.75. The standard InChI is InChI=1S/C14H19BrFNOS/c1-4-14(5-2,19-3)9-17-13(18)11-7-6-10(16)8-12(11)15/h6-8H,4-5,9H2,1-3H3,(H,17,18). The second-order valence-corrected chi connectivity index (χ2v) is 6.53. The molecule has 0 atom stereocenters. The summed E-state index contributed by atoms with van der Waals surface area (Å²) in [5, 5.41) is 2.94. The number of hydrogen-bond acceptors (Lipinski definition) is 2.